The molecule has 0 atom stereocenters. The first-order valence-electron chi connectivity index (χ1n) is 9.05. The van der Waals surface area contributed by atoms with Crippen molar-refractivity contribution in [2.75, 3.05) is 0 Å². The third-order valence-electron chi connectivity index (χ3n) is 4.57. The fourth-order valence-electron chi connectivity index (χ4n) is 3.02. The number of aromatic nitrogens is 7. The second kappa shape index (κ2) is 7.20. The molecule has 9 nitrogen and oxygen atoms in total. The van der Waals surface area contributed by atoms with Gasteiger partial charge in [0.2, 0.25) is 11.7 Å². The van der Waals surface area contributed by atoms with Crippen molar-refractivity contribution in [1.82, 2.24) is 34.7 Å². The molecule has 10 heteroatoms. The maximum absolute atomic E-state index is 12.8. The molecule has 0 aliphatic rings. The third-order valence-corrected chi connectivity index (χ3v) is 4.80. The first-order valence-corrected chi connectivity index (χ1v) is 9.43. The number of hydrogen-bond acceptors (Lipinski definition) is 7. The molecule has 0 spiro atoms. The highest BCUT2D eigenvalue weighted by molar-refractivity contribution is 6.30. The average Bonchev–Trinajstić information content (AvgIpc) is 3.38. The fraction of sp³-hybridized carbons (Fsp3) is 0.100. The summed E-state index contributed by atoms with van der Waals surface area (Å²) in [7, 11) is 0. The van der Waals surface area contributed by atoms with E-state index in [2.05, 4.69) is 25.4 Å². The van der Waals surface area contributed by atoms with Crippen LogP contribution in [0.15, 0.2) is 64.2 Å². The van der Waals surface area contributed by atoms with Gasteiger partial charge in [-0.05, 0) is 25.1 Å². The van der Waals surface area contributed by atoms with E-state index in [4.69, 9.17) is 16.1 Å². The van der Waals surface area contributed by atoms with Crippen LogP contribution in [0.2, 0.25) is 5.02 Å². The SMILES string of the molecule is Cc1ccc(-c2noc(Cn3cnc4c(nnn4-c4cccc(Cl)c4)c3=O)n2)cc1. The first-order chi connectivity index (χ1) is 14.6. The smallest absolute Gasteiger partial charge is 0.284 e. The molecule has 0 aliphatic heterocycles. The van der Waals surface area contributed by atoms with Crippen LogP contribution in [0.3, 0.4) is 0 Å². The third kappa shape index (κ3) is 3.25. The van der Waals surface area contributed by atoms with Crippen molar-refractivity contribution >= 4 is 22.8 Å². The van der Waals surface area contributed by atoms with Gasteiger partial charge in [0.15, 0.2) is 11.2 Å². The molecule has 3 heterocycles. The quantitative estimate of drug-likeness (QED) is 0.441. The van der Waals surface area contributed by atoms with Gasteiger partial charge in [-0.2, -0.15) is 9.67 Å². The van der Waals surface area contributed by atoms with Gasteiger partial charge in [-0.1, -0.05) is 57.9 Å². The second-order valence-electron chi connectivity index (χ2n) is 6.71. The van der Waals surface area contributed by atoms with E-state index < -0.39 is 0 Å². The highest BCUT2D eigenvalue weighted by Crippen LogP contribution is 2.18. The molecule has 0 fully saturated rings. The van der Waals surface area contributed by atoms with Crippen molar-refractivity contribution in [2.24, 2.45) is 0 Å². The van der Waals surface area contributed by atoms with Gasteiger partial charge in [-0.15, -0.1) is 5.10 Å². The van der Waals surface area contributed by atoms with Crippen LogP contribution in [-0.2, 0) is 6.54 Å². The highest BCUT2D eigenvalue weighted by Gasteiger charge is 2.16. The van der Waals surface area contributed by atoms with Crippen LogP contribution in [0.5, 0.6) is 0 Å². The van der Waals surface area contributed by atoms with Gasteiger partial charge in [0.1, 0.15) is 12.9 Å². The normalized spacial score (nSPS) is 11.3. The van der Waals surface area contributed by atoms with E-state index in [0.717, 1.165) is 11.1 Å². The topological polar surface area (TPSA) is 105 Å². The molecule has 0 radical (unpaired) electrons. The Hall–Kier alpha value is -3.85. The van der Waals surface area contributed by atoms with Gasteiger partial charge in [0, 0.05) is 10.6 Å². The van der Waals surface area contributed by atoms with Gasteiger partial charge in [-0.25, -0.2) is 4.98 Å². The predicted molar refractivity (Wildman–Crippen MR) is 110 cm³/mol. The van der Waals surface area contributed by atoms with Crippen LogP contribution in [0, 0.1) is 6.92 Å². The summed E-state index contributed by atoms with van der Waals surface area (Å²) in [5.41, 5.74) is 2.75. The van der Waals surface area contributed by atoms with Crippen LogP contribution in [-0.4, -0.2) is 34.7 Å². The zero-order chi connectivity index (χ0) is 20.7. The standard InChI is InChI=1S/C20H14ClN7O2/c1-12-5-7-13(8-6-12)18-23-16(30-25-18)10-27-11-22-19-17(20(27)29)24-26-28(19)15-4-2-3-14(21)9-15/h2-9,11H,10H2,1H3. The molecular weight excluding hydrogens is 406 g/mol. The van der Waals surface area contributed by atoms with E-state index in [0.29, 0.717) is 22.2 Å². The van der Waals surface area contributed by atoms with Gasteiger partial charge in [0.05, 0.1) is 5.69 Å². The van der Waals surface area contributed by atoms with E-state index in [1.807, 2.05) is 31.2 Å². The number of hydrogen-bond donors (Lipinski definition) is 0. The second-order valence-corrected chi connectivity index (χ2v) is 7.15. The lowest BCUT2D eigenvalue weighted by atomic mass is 10.1. The van der Waals surface area contributed by atoms with E-state index in [1.165, 1.54) is 15.6 Å². The number of rotatable bonds is 4. The fourth-order valence-corrected chi connectivity index (χ4v) is 3.21. The van der Waals surface area contributed by atoms with Gasteiger partial charge in [0.25, 0.3) is 5.56 Å². The largest absolute Gasteiger partial charge is 0.337 e. The van der Waals surface area contributed by atoms with Crippen molar-refractivity contribution in [2.45, 2.75) is 13.5 Å². The van der Waals surface area contributed by atoms with Crippen LogP contribution < -0.4 is 5.56 Å². The Morgan fingerprint density at radius 1 is 1.13 bits per heavy atom. The van der Waals surface area contributed by atoms with Crippen molar-refractivity contribution in [3.63, 3.8) is 0 Å². The summed E-state index contributed by atoms with van der Waals surface area (Å²) in [6.07, 6.45) is 1.41. The molecule has 0 aliphatic carbocycles. The van der Waals surface area contributed by atoms with Gasteiger partial charge in [-0.3, -0.25) is 9.36 Å². The molecule has 0 amide bonds. The van der Waals surface area contributed by atoms with Crippen molar-refractivity contribution < 1.29 is 4.52 Å². The number of halogens is 1. The summed E-state index contributed by atoms with van der Waals surface area (Å²) in [5, 5.41) is 12.6. The minimum atomic E-state index is -0.358. The molecule has 0 unspecified atom stereocenters. The van der Waals surface area contributed by atoms with Gasteiger partial charge >= 0.3 is 0 Å². The Bertz CT molecular complexity index is 1420. The zero-order valence-corrected chi connectivity index (χ0v) is 16.5. The lowest BCUT2D eigenvalue weighted by molar-refractivity contribution is 0.369. The van der Waals surface area contributed by atoms with Crippen molar-refractivity contribution in [3.05, 3.63) is 81.7 Å². The Labute approximate surface area is 174 Å². The molecule has 2 aromatic carbocycles. The number of fused-ring (bicyclic) bond motifs is 1. The molecule has 5 rings (SSSR count). The summed E-state index contributed by atoms with van der Waals surface area (Å²) in [5.74, 6) is 0.745. The lowest BCUT2D eigenvalue weighted by Gasteiger charge is -2.03. The van der Waals surface area contributed by atoms with Crippen LogP contribution in [0.4, 0.5) is 0 Å². The monoisotopic (exact) mass is 419 g/mol. The Balaban J connectivity index is 1.47. The molecule has 0 bridgehead atoms. The number of nitrogens with zero attached hydrogens (tertiary/aromatic N) is 7. The minimum absolute atomic E-state index is 0.0741. The molecule has 3 aromatic heterocycles. The number of aryl methyl sites for hydroxylation is 1. The van der Waals surface area contributed by atoms with E-state index >= 15 is 0 Å². The number of benzene rings is 2. The first kappa shape index (κ1) is 18.2. The van der Waals surface area contributed by atoms with Crippen molar-refractivity contribution in [1.29, 1.82) is 0 Å². The van der Waals surface area contributed by atoms with Crippen LogP contribution >= 0.6 is 11.6 Å². The Kier molecular flexibility index (Phi) is 4.36. The zero-order valence-electron chi connectivity index (χ0n) is 15.7. The molecular formula is C20H14ClN7O2. The summed E-state index contributed by atoms with van der Waals surface area (Å²) in [6, 6.07) is 14.8. The van der Waals surface area contributed by atoms with Crippen molar-refractivity contribution in [3.8, 4) is 17.1 Å². The Morgan fingerprint density at radius 3 is 2.77 bits per heavy atom. The molecule has 0 saturated heterocycles. The maximum atomic E-state index is 12.8. The lowest BCUT2D eigenvalue weighted by Crippen LogP contribution is -2.21. The van der Waals surface area contributed by atoms with E-state index in [9.17, 15) is 4.79 Å². The molecule has 0 N–H and O–H groups in total. The summed E-state index contributed by atoms with van der Waals surface area (Å²) in [4.78, 5) is 21.6. The maximum Gasteiger partial charge on any atom is 0.284 e. The van der Waals surface area contributed by atoms with E-state index in [1.54, 1.807) is 24.3 Å². The summed E-state index contributed by atoms with van der Waals surface area (Å²) < 4.78 is 8.12. The molecule has 148 valence electrons. The predicted octanol–water partition coefficient (Wildman–Crippen LogP) is 3.04. The van der Waals surface area contributed by atoms with Crippen LogP contribution in [0.1, 0.15) is 11.5 Å². The molecule has 30 heavy (non-hydrogen) atoms. The molecule has 5 aromatic rings. The summed E-state index contributed by atoms with van der Waals surface area (Å²) >= 11 is 6.04. The molecule has 0 saturated carbocycles. The summed E-state index contributed by atoms with van der Waals surface area (Å²) in [6.45, 7) is 2.08. The average molecular weight is 420 g/mol. The minimum Gasteiger partial charge on any atom is -0.337 e. The van der Waals surface area contributed by atoms with Gasteiger partial charge < -0.3 is 4.52 Å². The van der Waals surface area contributed by atoms with Crippen LogP contribution in [0.25, 0.3) is 28.2 Å². The van der Waals surface area contributed by atoms with E-state index in [-0.39, 0.29) is 23.5 Å². The highest BCUT2D eigenvalue weighted by atomic mass is 35.5. The Morgan fingerprint density at radius 2 is 1.97 bits per heavy atom.